The van der Waals surface area contributed by atoms with Crippen molar-refractivity contribution >= 4 is 21.0 Å². The fourth-order valence-electron chi connectivity index (χ4n) is 2.74. The van der Waals surface area contributed by atoms with E-state index in [1.54, 1.807) is 25.1 Å². The van der Waals surface area contributed by atoms with Crippen LogP contribution in [0.3, 0.4) is 0 Å². The van der Waals surface area contributed by atoms with Crippen LogP contribution in [0.2, 0.25) is 0 Å². The van der Waals surface area contributed by atoms with Crippen LogP contribution in [0.15, 0.2) is 57.8 Å². The van der Waals surface area contributed by atoms with Gasteiger partial charge in [0.1, 0.15) is 23.2 Å². The van der Waals surface area contributed by atoms with Gasteiger partial charge in [0.2, 0.25) is 10.0 Å². The van der Waals surface area contributed by atoms with E-state index in [9.17, 15) is 13.5 Å². The van der Waals surface area contributed by atoms with E-state index >= 15 is 0 Å². The molecule has 2 N–H and O–H groups in total. The summed E-state index contributed by atoms with van der Waals surface area (Å²) in [6, 6.07) is 13.9. The first kappa shape index (κ1) is 18.4. The monoisotopic (exact) mass is 375 g/mol. The van der Waals surface area contributed by atoms with Crippen LogP contribution in [0, 0.1) is 6.92 Å². The molecule has 26 heavy (non-hydrogen) atoms. The standard InChI is InChI=1S/C19H21NO5S/c1-13-11-15(7-8-17(13)24-2)26(22,23)20-10-9-16(21)19-12-14-5-3-4-6-18(14)25-19/h3-8,11-12,16,20-21H,9-10H2,1-2H3/t16-/m0/s1. The number of nitrogens with one attached hydrogen (secondary N) is 1. The molecule has 1 heterocycles. The third kappa shape index (κ3) is 3.90. The number of sulfonamides is 1. The lowest BCUT2D eigenvalue weighted by Gasteiger charge is -2.11. The number of furan rings is 1. The van der Waals surface area contributed by atoms with Crippen LogP contribution in [-0.4, -0.2) is 27.2 Å². The molecule has 0 radical (unpaired) electrons. The molecular weight excluding hydrogens is 354 g/mol. The maximum Gasteiger partial charge on any atom is 0.240 e. The van der Waals surface area contributed by atoms with Crippen molar-refractivity contribution in [3.63, 3.8) is 0 Å². The summed E-state index contributed by atoms with van der Waals surface area (Å²) in [5, 5.41) is 11.2. The highest BCUT2D eigenvalue weighted by molar-refractivity contribution is 7.89. The summed E-state index contributed by atoms with van der Waals surface area (Å²) < 4.78 is 38.0. The van der Waals surface area contributed by atoms with E-state index in [2.05, 4.69) is 4.72 Å². The van der Waals surface area contributed by atoms with Crippen LogP contribution in [-0.2, 0) is 10.0 Å². The van der Waals surface area contributed by atoms with Gasteiger partial charge in [-0.3, -0.25) is 0 Å². The van der Waals surface area contributed by atoms with Crippen LogP contribution in [0.1, 0.15) is 23.8 Å². The maximum absolute atomic E-state index is 12.4. The lowest BCUT2D eigenvalue weighted by atomic mass is 10.2. The minimum atomic E-state index is -3.66. The van der Waals surface area contributed by atoms with Crippen LogP contribution < -0.4 is 9.46 Å². The van der Waals surface area contributed by atoms with E-state index in [0.717, 1.165) is 10.9 Å². The van der Waals surface area contributed by atoms with Crippen molar-refractivity contribution in [1.29, 1.82) is 0 Å². The summed E-state index contributed by atoms with van der Waals surface area (Å²) in [6.07, 6.45) is -0.684. The van der Waals surface area contributed by atoms with Crippen molar-refractivity contribution < 1.29 is 22.7 Å². The Hall–Kier alpha value is -2.35. The number of hydrogen-bond donors (Lipinski definition) is 2. The summed E-state index contributed by atoms with van der Waals surface area (Å²) in [7, 11) is -2.12. The highest BCUT2D eigenvalue weighted by Crippen LogP contribution is 2.25. The number of aliphatic hydroxyl groups excluding tert-OH is 1. The van der Waals surface area contributed by atoms with Gasteiger partial charge in [-0.1, -0.05) is 18.2 Å². The van der Waals surface area contributed by atoms with Crippen LogP contribution >= 0.6 is 0 Å². The number of aliphatic hydroxyl groups is 1. The Morgan fingerprint density at radius 3 is 2.65 bits per heavy atom. The molecule has 0 aliphatic heterocycles. The molecular formula is C19H21NO5S. The first-order chi connectivity index (χ1) is 12.4. The van der Waals surface area contributed by atoms with Gasteiger partial charge >= 0.3 is 0 Å². The van der Waals surface area contributed by atoms with E-state index in [-0.39, 0.29) is 17.9 Å². The Bertz CT molecular complexity index is 977. The number of rotatable bonds is 7. The van der Waals surface area contributed by atoms with Crippen LogP contribution in [0.5, 0.6) is 5.75 Å². The zero-order chi connectivity index (χ0) is 18.7. The summed E-state index contributed by atoms with van der Waals surface area (Å²) in [6.45, 7) is 1.87. The Balaban J connectivity index is 1.63. The van der Waals surface area contributed by atoms with E-state index in [1.165, 1.54) is 13.2 Å². The minimum Gasteiger partial charge on any atom is -0.496 e. The predicted molar refractivity (Wildman–Crippen MR) is 98.7 cm³/mol. The minimum absolute atomic E-state index is 0.0889. The number of methoxy groups -OCH3 is 1. The van der Waals surface area contributed by atoms with Crippen molar-refractivity contribution in [2.45, 2.75) is 24.3 Å². The highest BCUT2D eigenvalue weighted by Gasteiger charge is 2.18. The van der Waals surface area contributed by atoms with Crippen LogP contribution in [0.25, 0.3) is 11.0 Å². The van der Waals surface area contributed by atoms with Crippen molar-refractivity contribution in [2.24, 2.45) is 0 Å². The molecule has 1 atom stereocenters. The van der Waals surface area contributed by atoms with Gasteiger partial charge in [0.15, 0.2) is 0 Å². The summed E-state index contributed by atoms with van der Waals surface area (Å²) >= 11 is 0. The SMILES string of the molecule is COc1ccc(S(=O)(=O)NCC[C@H](O)c2cc3ccccc3o2)cc1C. The lowest BCUT2D eigenvalue weighted by molar-refractivity contribution is 0.144. The van der Waals surface area contributed by atoms with Gasteiger partial charge < -0.3 is 14.3 Å². The molecule has 0 saturated carbocycles. The number of hydrogen-bond acceptors (Lipinski definition) is 5. The van der Waals surface area contributed by atoms with Crippen molar-refractivity contribution in [3.05, 3.63) is 59.9 Å². The van der Waals surface area contributed by atoms with Gasteiger partial charge in [0, 0.05) is 11.9 Å². The van der Waals surface area contributed by atoms with Crippen molar-refractivity contribution in [1.82, 2.24) is 4.72 Å². The fraction of sp³-hybridized carbons (Fsp3) is 0.263. The van der Waals surface area contributed by atoms with Crippen molar-refractivity contribution in [2.75, 3.05) is 13.7 Å². The van der Waals surface area contributed by atoms with E-state index < -0.39 is 16.1 Å². The average molecular weight is 375 g/mol. The molecule has 138 valence electrons. The molecule has 0 fully saturated rings. The quantitative estimate of drug-likeness (QED) is 0.662. The molecule has 0 unspecified atom stereocenters. The molecule has 0 aliphatic carbocycles. The molecule has 0 aliphatic rings. The summed E-state index contributed by atoms with van der Waals surface area (Å²) in [5.74, 6) is 1.05. The smallest absolute Gasteiger partial charge is 0.240 e. The predicted octanol–water partition coefficient (Wildman–Crippen LogP) is 3.15. The Kier molecular flexibility index (Phi) is 5.31. The van der Waals surface area contributed by atoms with Gasteiger partial charge in [-0.2, -0.15) is 0 Å². The third-order valence-electron chi connectivity index (χ3n) is 4.16. The Morgan fingerprint density at radius 1 is 1.19 bits per heavy atom. The Morgan fingerprint density at radius 2 is 1.96 bits per heavy atom. The van der Waals surface area contributed by atoms with Crippen molar-refractivity contribution in [3.8, 4) is 5.75 Å². The number of ether oxygens (including phenoxy) is 1. The van der Waals surface area contributed by atoms with E-state index in [4.69, 9.17) is 9.15 Å². The second-order valence-electron chi connectivity index (χ2n) is 6.02. The molecule has 0 saturated heterocycles. The number of fused-ring (bicyclic) bond motifs is 1. The molecule has 1 aromatic heterocycles. The molecule has 7 heteroatoms. The average Bonchev–Trinajstić information content (AvgIpc) is 3.05. The number of benzene rings is 2. The first-order valence-corrected chi connectivity index (χ1v) is 9.70. The normalized spacial score (nSPS) is 13.0. The fourth-order valence-corrected chi connectivity index (χ4v) is 3.87. The molecule has 3 aromatic rings. The summed E-state index contributed by atoms with van der Waals surface area (Å²) in [4.78, 5) is 0.161. The molecule has 0 amide bonds. The van der Waals surface area contributed by atoms with Gasteiger partial charge in [0.25, 0.3) is 0 Å². The third-order valence-corrected chi connectivity index (χ3v) is 5.62. The van der Waals surface area contributed by atoms with Crippen LogP contribution in [0.4, 0.5) is 0 Å². The topological polar surface area (TPSA) is 88.8 Å². The zero-order valence-electron chi connectivity index (χ0n) is 14.6. The Labute approximate surface area is 152 Å². The first-order valence-electron chi connectivity index (χ1n) is 8.21. The lowest BCUT2D eigenvalue weighted by Crippen LogP contribution is -2.26. The molecule has 3 rings (SSSR count). The largest absolute Gasteiger partial charge is 0.496 e. The molecule has 6 nitrogen and oxygen atoms in total. The van der Waals surface area contributed by atoms with Gasteiger partial charge in [-0.25, -0.2) is 13.1 Å². The van der Waals surface area contributed by atoms with Gasteiger partial charge in [-0.15, -0.1) is 0 Å². The highest BCUT2D eigenvalue weighted by atomic mass is 32.2. The second-order valence-corrected chi connectivity index (χ2v) is 7.79. The number of para-hydroxylation sites is 1. The van der Waals surface area contributed by atoms with Gasteiger partial charge in [0.05, 0.1) is 12.0 Å². The number of aryl methyl sites for hydroxylation is 1. The molecule has 0 bridgehead atoms. The van der Waals surface area contributed by atoms with E-state index in [0.29, 0.717) is 17.1 Å². The zero-order valence-corrected chi connectivity index (χ0v) is 15.4. The van der Waals surface area contributed by atoms with Gasteiger partial charge in [-0.05, 0) is 49.2 Å². The maximum atomic E-state index is 12.4. The molecule has 2 aromatic carbocycles. The molecule has 0 spiro atoms. The van der Waals surface area contributed by atoms with E-state index in [1.807, 2.05) is 24.3 Å². The summed E-state index contributed by atoms with van der Waals surface area (Å²) in [5.41, 5.74) is 1.42. The second kappa shape index (κ2) is 7.49.